The normalized spacial score (nSPS) is 20.6. The van der Waals surface area contributed by atoms with Crippen LogP contribution in [-0.4, -0.2) is 12.6 Å². The Balaban J connectivity index is 2.19. The second-order valence-electron chi connectivity index (χ2n) is 5.00. The predicted octanol–water partition coefficient (Wildman–Crippen LogP) is 3.24. The van der Waals surface area contributed by atoms with E-state index in [1.54, 1.807) is 12.1 Å². The molecule has 1 aromatic rings. The van der Waals surface area contributed by atoms with Crippen LogP contribution < -0.4 is 5.32 Å². The average molecular weight is 221 g/mol. The summed E-state index contributed by atoms with van der Waals surface area (Å²) in [7, 11) is 0. The van der Waals surface area contributed by atoms with Crippen LogP contribution in [0.4, 0.5) is 4.39 Å². The molecule has 1 fully saturated rings. The van der Waals surface area contributed by atoms with Crippen LogP contribution in [0.25, 0.3) is 0 Å². The number of benzene rings is 1. The fourth-order valence-electron chi connectivity index (χ4n) is 2.51. The fraction of sp³-hybridized carbons (Fsp3) is 0.571. The molecule has 1 atom stereocenters. The van der Waals surface area contributed by atoms with Crippen LogP contribution in [0.3, 0.4) is 0 Å². The van der Waals surface area contributed by atoms with Crippen molar-refractivity contribution in [3.8, 4) is 0 Å². The molecule has 16 heavy (non-hydrogen) atoms. The molecule has 1 aliphatic heterocycles. The molecule has 1 aromatic carbocycles. The van der Waals surface area contributed by atoms with Gasteiger partial charge in [-0.05, 0) is 55.0 Å². The van der Waals surface area contributed by atoms with Gasteiger partial charge in [0.1, 0.15) is 5.82 Å². The van der Waals surface area contributed by atoms with Gasteiger partial charge in [-0.3, -0.25) is 0 Å². The summed E-state index contributed by atoms with van der Waals surface area (Å²) in [4.78, 5) is 0. The molecule has 1 nitrogen and oxygen atoms in total. The van der Waals surface area contributed by atoms with Gasteiger partial charge in [-0.15, -0.1) is 0 Å². The van der Waals surface area contributed by atoms with Crippen LogP contribution in [-0.2, 0) is 6.42 Å². The van der Waals surface area contributed by atoms with E-state index in [2.05, 4.69) is 19.2 Å². The van der Waals surface area contributed by atoms with Crippen LogP contribution in [0.5, 0.6) is 0 Å². The van der Waals surface area contributed by atoms with Crippen LogP contribution >= 0.6 is 0 Å². The van der Waals surface area contributed by atoms with Crippen LogP contribution in [0.1, 0.15) is 43.7 Å². The molecule has 0 bridgehead atoms. The van der Waals surface area contributed by atoms with Gasteiger partial charge in [0, 0.05) is 6.04 Å². The maximum Gasteiger partial charge on any atom is 0.123 e. The minimum absolute atomic E-state index is 0.114. The molecule has 1 unspecified atom stereocenters. The molecule has 0 amide bonds. The van der Waals surface area contributed by atoms with E-state index in [1.807, 2.05) is 6.07 Å². The van der Waals surface area contributed by atoms with Gasteiger partial charge in [0.2, 0.25) is 0 Å². The summed E-state index contributed by atoms with van der Waals surface area (Å²) in [5, 5.41) is 3.47. The molecule has 0 aliphatic carbocycles. The third-order valence-corrected chi connectivity index (χ3v) is 3.36. The molecule has 88 valence electrons. The third kappa shape index (κ3) is 2.62. The van der Waals surface area contributed by atoms with Crippen molar-refractivity contribution < 1.29 is 4.39 Å². The van der Waals surface area contributed by atoms with E-state index >= 15 is 0 Å². The van der Waals surface area contributed by atoms with E-state index in [9.17, 15) is 4.39 Å². The minimum Gasteiger partial charge on any atom is -0.314 e. The lowest BCUT2D eigenvalue weighted by atomic mass is 9.92. The highest BCUT2D eigenvalue weighted by molar-refractivity contribution is 5.31. The molecule has 1 aliphatic rings. The quantitative estimate of drug-likeness (QED) is 0.826. The van der Waals surface area contributed by atoms with Crippen molar-refractivity contribution >= 4 is 0 Å². The first kappa shape index (κ1) is 11.6. The van der Waals surface area contributed by atoms with E-state index in [-0.39, 0.29) is 5.82 Å². The van der Waals surface area contributed by atoms with Crippen molar-refractivity contribution in [1.29, 1.82) is 0 Å². The van der Waals surface area contributed by atoms with Crippen LogP contribution in [0.2, 0.25) is 0 Å². The van der Waals surface area contributed by atoms with Gasteiger partial charge in [-0.2, -0.15) is 0 Å². The van der Waals surface area contributed by atoms with Gasteiger partial charge in [0.05, 0.1) is 0 Å². The number of rotatable bonds is 3. The summed E-state index contributed by atoms with van der Waals surface area (Å²) >= 11 is 0. The summed E-state index contributed by atoms with van der Waals surface area (Å²) in [6.45, 7) is 5.44. The van der Waals surface area contributed by atoms with Crippen molar-refractivity contribution in [2.75, 3.05) is 6.54 Å². The largest absolute Gasteiger partial charge is 0.314 e. The first-order valence-corrected chi connectivity index (χ1v) is 6.18. The molecule has 0 radical (unpaired) electrons. The maximum absolute atomic E-state index is 13.3. The molecule has 0 aromatic heterocycles. The number of halogens is 1. The SMILES string of the molecule is CC(C)c1ccc(F)cc1CC1CCCN1. The first-order valence-electron chi connectivity index (χ1n) is 6.18. The van der Waals surface area contributed by atoms with Crippen molar-refractivity contribution in [3.63, 3.8) is 0 Å². The Bertz CT molecular complexity index is 354. The van der Waals surface area contributed by atoms with Gasteiger partial charge in [-0.25, -0.2) is 4.39 Å². The Labute approximate surface area is 97.1 Å². The van der Waals surface area contributed by atoms with Crippen LogP contribution in [0.15, 0.2) is 18.2 Å². The molecule has 2 heteroatoms. The Morgan fingerprint density at radius 2 is 2.25 bits per heavy atom. The molecule has 1 N–H and O–H groups in total. The van der Waals surface area contributed by atoms with E-state index in [4.69, 9.17) is 0 Å². The van der Waals surface area contributed by atoms with Gasteiger partial charge < -0.3 is 5.32 Å². The van der Waals surface area contributed by atoms with Crippen LogP contribution in [0, 0.1) is 5.82 Å². The minimum atomic E-state index is -0.114. The summed E-state index contributed by atoms with van der Waals surface area (Å²) < 4.78 is 13.3. The van der Waals surface area contributed by atoms with E-state index in [0.29, 0.717) is 12.0 Å². The Morgan fingerprint density at radius 1 is 1.44 bits per heavy atom. The fourth-order valence-corrected chi connectivity index (χ4v) is 2.51. The molecule has 1 heterocycles. The summed E-state index contributed by atoms with van der Waals surface area (Å²) in [5.74, 6) is 0.356. The highest BCUT2D eigenvalue weighted by Gasteiger charge is 2.17. The molecule has 2 rings (SSSR count). The molecule has 0 spiro atoms. The number of hydrogen-bond donors (Lipinski definition) is 1. The van der Waals surface area contributed by atoms with Gasteiger partial charge in [0.25, 0.3) is 0 Å². The summed E-state index contributed by atoms with van der Waals surface area (Å²) in [6.07, 6.45) is 3.43. The number of nitrogens with one attached hydrogen (secondary N) is 1. The Kier molecular flexibility index (Phi) is 3.59. The maximum atomic E-state index is 13.3. The van der Waals surface area contributed by atoms with Gasteiger partial charge in [-0.1, -0.05) is 19.9 Å². The standard InChI is InChI=1S/C14H20FN/c1-10(2)14-6-5-12(15)8-11(14)9-13-4-3-7-16-13/h5-6,8,10,13,16H,3-4,7,9H2,1-2H3. The number of hydrogen-bond acceptors (Lipinski definition) is 1. The van der Waals surface area contributed by atoms with Crippen molar-refractivity contribution in [3.05, 3.63) is 35.1 Å². The summed E-state index contributed by atoms with van der Waals surface area (Å²) in [6, 6.07) is 5.75. The van der Waals surface area contributed by atoms with Crippen molar-refractivity contribution in [2.24, 2.45) is 0 Å². The van der Waals surface area contributed by atoms with E-state index in [1.165, 1.54) is 24.0 Å². The van der Waals surface area contributed by atoms with E-state index in [0.717, 1.165) is 13.0 Å². The zero-order chi connectivity index (χ0) is 11.5. The summed E-state index contributed by atoms with van der Waals surface area (Å²) in [5.41, 5.74) is 2.46. The zero-order valence-corrected chi connectivity index (χ0v) is 10.1. The lowest BCUT2D eigenvalue weighted by Gasteiger charge is -2.16. The third-order valence-electron chi connectivity index (χ3n) is 3.36. The van der Waals surface area contributed by atoms with Gasteiger partial charge in [0.15, 0.2) is 0 Å². The second kappa shape index (κ2) is 4.96. The average Bonchev–Trinajstić information content (AvgIpc) is 2.70. The monoisotopic (exact) mass is 221 g/mol. The Morgan fingerprint density at radius 3 is 2.88 bits per heavy atom. The lowest BCUT2D eigenvalue weighted by molar-refractivity contribution is 0.587. The predicted molar refractivity (Wildman–Crippen MR) is 65.2 cm³/mol. The van der Waals surface area contributed by atoms with Gasteiger partial charge >= 0.3 is 0 Å². The van der Waals surface area contributed by atoms with Crippen molar-refractivity contribution in [2.45, 2.75) is 45.1 Å². The highest BCUT2D eigenvalue weighted by atomic mass is 19.1. The van der Waals surface area contributed by atoms with Crippen molar-refractivity contribution in [1.82, 2.24) is 5.32 Å². The molecular formula is C14H20FN. The molecule has 0 saturated carbocycles. The topological polar surface area (TPSA) is 12.0 Å². The zero-order valence-electron chi connectivity index (χ0n) is 10.1. The second-order valence-corrected chi connectivity index (χ2v) is 5.00. The van der Waals surface area contributed by atoms with E-state index < -0.39 is 0 Å². The first-order chi connectivity index (χ1) is 7.66. The smallest absolute Gasteiger partial charge is 0.123 e. The Hall–Kier alpha value is -0.890. The molecular weight excluding hydrogens is 201 g/mol. The molecule has 1 saturated heterocycles. The lowest BCUT2D eigenvalue weighted by Crippen LogP contribution is -2.24. The highest BCUT2D eigenvalue weighted by Crippen LogP contribution is 2.23.